The molecule has 3 unspecified atom stereocenters. The van der Waals surface area contributed by atoms with E-state index in [-0.39, 0.29) is 0 Å². The SMILES string of the molecule is CCC(C)CC(CC)NC(C)c1ccc(Cl)cc1. The molecule has 0 saturated heterocycles. The van der Waals surface area contributed by atoms with Crippen molar-refractivity contribution in [2.24, 2.45) is 5.92 Å². The highest BCUT2D eigenvalue weighted by atomic mass is 35.5. The molecule has 1 aromatic carbocycles. The van der Waals surface area contributed by atoms with Crippen LogP contribution in [-0.2, 0) is 0 Å². The number of benzene rings is 1. The van der Waals surface area contributed by atoms with E-state index in [0.717, 1.165) is 10.9 Å². The summed E-state index contributed by atoms with van der Waals surface area (Å²) in [4.78, 5) is 0. The normalized spacial score (nSPS) is 16.3. The second kappa shape index (κ2) is 7.81. The third-order valence-electron chi connectivity index (χ3n) is 3.73. The Hall–Kier alpha value is -0.530. The van der Waals surface area contributed by atoms with Gasteiger partial charge in [0, 0.05) is 17.1 Å². The lowest BCUT2D eigenvalue weighted by Gasteiger charge is -2.25. The smallest absolute Gasteiger partial charge is 0.0406 e. The molecule has 0 aromatic heterocycles. The number of hydrogen-bond donors (Lipinski definition) is 1. The summed E-state index contributed by atoms with van der Waals surface area (Å²) >= 11 is 5.92. The lowest BCUT2D eigenvalue weighted by molar-refractivity contribution is 0.359. The first-order valence-electron chi connectivity index (χ1n) is 7.08. The molecular formula is C16H26ClN. The van der Waals surface area contributed by atoms with Crippen molar-refractivity contribution >= 4 is 11.6 Å². The highest BCUT2D eigenvalue weighted by molar-refractivity contribution is 6.30. The van der Waals surface area contributed by atoms with E-state index >= 15 is 0 Å². The first-order chi connectivity index (χ1) is 8.56. The third-order valence-corrected chi connectivity index (χ3v) is 3.98. The highest BCUT2D eigenvalue weighted by Gasteiger charge is 2.14. The Morgan fingerprint density at radius 3 is 2.17 bits per heavy atom. The van der Waals surface area contributed by atoms with Gasteiger partial charge in [0.15, 0.2) is 0 Å². The van der Waals surface area contributed by atoms with Crippen molar-refractivity contribution in [1.82, 2.24) is 5.32 Å². The fourth-order valence-corrected chi connectivity index (χ4v) is 2.33. The maximum Gasteiger partial charge on any atom is 0.0406 e. The molecule has 0 bridgehead atoms. The van der Waals surface area contributed by atoms with Crippen molar-refractivity contribution in [2.75, 3.05) is 0 Å². The highest BCUT2D eigenvalue weighted by Crippen LogP contribution is 2.19. The Bertz CT molecular complexity index is 333. The van der Waals surface area contributed by atoms with Gasteiger partial charge >= 0.3 is 0 Å². The summed E-state index contributed by atoms with van der Waals surface area (Å²) in [5.74, 6) is 0.792. The van der Waals surface area contributed by atoms with Crippen LogP contribution in [-0.4, -0.2) is 6.04 Å². The van der Waals surface area contributed by atoms with E-state index in [0.29, 0.717) is 12.1 Å². The van der Waals surface area contributed by atoms with Crippen LogP contribution >= 0.6 is 11.6 Å². The number of hydrogen-bond acceptors (Lipinski definition) is 1. The van der Waals surface area contributed by atoms with E-state index in [1.165, 1.54) is 24.8 Å². The molecule has 18 heavy (non-hydrogen) atoms. The zero-order chi connectivity index (χ0) is 13.5. The van der Waals surface area contributed by atoms with Crippen LogP contribution in [0.15, 0.2) is 24.3 Å². The predicted molar refractivity (Wildman–Crippen MR) is 81.2 cm³/mol. The molecular weight excluding hydrogens is 242 g/mol. The van der Waals surface area contributed by atoms with Crippen LogP contribution in [0, 0.1) is 5.92 Å². The summed E-state index contributed by atoms with van der Waals surface area (Å²) in [7, 11) is 0. The van der Waals surface area contributed by atoms with E-state index in [4.69, 9.17) is 11.6 Å². The lowest BCUT2D eigenvalue weighted by atomic mass is 9.96. The molecule has 0 spiro atoms. The molecule has 2 heteroatoms. The first kappa shape index (κ1) is 15.5. The topological polar surface area (TPSA) is 12.0 Å². The van der Waals surface area contributed by atoms with Crippen LogP contribution < -0.4 is 5.32 Å². The Kier molecular flexibility index (Phi) is 6.73. The molecule has 1 nitrogen and oxygen atoms in total. The molecule has 0 radical (unpaired) electrons. The summed E-state index contributed by atoms with van der Waals surface area (Å²) in [6.07, 6.45) is 3.70. The Labute approximate surface area is 117 Å². The van der Waals surface area contributed by atoms with Crippen molar-refractivity contribution in [3.8, 4) is 0 Å². The number of halogens is 1. The Balaban J connectivity index is 2.56. The van der Waals surface area contributed by atoms with Crippen LogP contribution in [0.1, 0.15) is 58.6 Å². The van der Waals surface area contributed by atoms with Gasteiger partial charge in [-0.1, -0.05) is 50.9 Å². The van der Waals surface area contributed by atoms with Gasteiger partial charge in [-0.15, -0.1) is 0 Å². The second-order valence-corrected chi connectivity index (χ2v) is 5.73. The standard InChI is InChI=1S/C16H26ClN/c1-5-12(3)11-16(6-2)18-13(4)14-7-9-15(17)10-8-14/h7-10,12-13,16,18H,5-6,11H2,1-4H3. The second-order valence-electron chi connectivity index (χ2n) is 5.29. The van der Waals surface area contributed by atoms with Crippen molar-refractivity contribution in [2.45, 2.75) is 59.0 Å². The van der Waals surface area contributed by atoms with Gasteiger partial charge < -0.3 is 5.32 Å². The van der Waals surface area contributed by atoms with Gasteiger partial charge in [-0.2, -0.15) is 0 Å². The minimum Gasteiger partial charge on any atom is -0.307 e. The van der Waals surface area contributed by atoms with Gasteiger partial charge in [-0.25, -0.2) is 0 Å². The largest absolute Gasteiger partial charge is 0.307 e. The molecule has 0 fully saturated rings. The van der Waals surface area contributed by atoms with Crippen molar-refractivity contribution in [1.29, 1.82) is 0 Å². The zero-order valence-electron chi connectivity index (χ0n) is 12.0. The summed E-state index contributed by atoms with van der Waals surface area (Å²) in [5, 5.41) is 4.53. The van der Waals surface area contributed by atoms with Crippen LogP contribution in [0.3, 0.4) is 0 Å². The van der Waals surface area contributed by atoms with Gasteiger partial charge in [0.25, 0.3) is 0 Å². The molecule has 1 aromatic rings. The summed E-state index contributed by atoms with van der Waals surface area (Å²) < 4.78 is 0. The number of nitrogens with one attached hydrogen (secondary N) is 1. The monoisotopic (exact) mass is 267 g/mol. The quantitative estimate of drug-likeness (QED) is 0.715. The fourth-order valence-electron chi connectivity index (χ4n) is 2.21. The zero-order valence-corrected chi connectivity index (χ0v) is 12.8. The van der Waals surface area contributed by atoms with E-state index in [1.54, 1.807) is 0 Å². The maximum absolute atomic E-state index is 5.92. The lowest BCUT2D eigenvalue weighted by Crippen LogP contribution is -2.32. The van der Waals surface area contributed by atoms with Crippen molar-refractivity contribution < 1.29 is 0 Å². The van der Waals surface area contributed by atoms with E-state index in [9.17, 15) is 0 Å². The molecule has 0 aliphatic rings. The van der Waals surface area contributed by atoms with Gasteiger partial charge in [0.1, 0.15) is 0 Å². The molecule has 0 aliphatic carbocycles. The molecule has 0 saturated carbocycles. The average molecular weight is 268 g/mol. The molecule has 0 amide bonds. The van der Waals surface area contributed by atoms with E-state index in [1.807, 2.05) is 12.1 Å². The van der Waals surface area contributed by atoms with Crippen LogP contribution in [0.2, 0.25) is 5.02 Å². The predicted octanol–water partition coefficient (Wildman–Crippen LogP) is 5.21. The maximum atomic E-state index is 5.92. The molecule has 1 rings (SSSR count). The molecule has 0 heterocycles. The summed E-state index contributed by atoms with van der Waals surface area (Å²) in [6.45, 7) is 9.08. The minimum absolute atomic E-state index is 0.385. The van der Waals surface area contributed by atoms with Gasteiger partial charge in [0.2, 0.25) is 0 Å². The van der Waals surface area contributed by atoms with E-state index in [2.05, 4.69) is 45.1 Å². The molecule has 3 atom stereocenters. The first-order valence-corrected chi connectivity index (χ1v) is 7.46. The van der Waals surface area contributed by atoms with Gasteiger partial charge in [0.05, 0.1) is 0 Å². The third kappa shape index (κ3) is 4.99. The van der Waals surface area contributed by atoms with Crippen LogP contribution in [0.4, 0.5) is 0 Å². The fraction of sp³-hybridized carbons (Fsp3) is 0.625. The van der Waals surface area contributed by atoms with Crippen LogP contribution in [0.5, 0.6) is 0 Å². The van der Waals surface area contributed by atoms with Crippen molar-refractivity contribution in [3.05, 3.63) is 34.9 Å². The van der Waals surface area contributed by atoms with Crippen LogP contribution in [0.25, 0.3) is 0 Å². The molecule has 0 aliphatic heterocycles. The molecule has 102 valence electrons. The summed E-state index contributed by atoms with van der Waals surface area (Å²) in [5.41, 5.74) is 1.31. The number of rotatable bonds is 7. The van der Waals surface area contributed by atoms with Gasteiger partial charge in [-0.3, -0.25) is 0 Å². The van der Waals surface area contributed by atoms with Gasteiger partial charge in [-0.05, 0) is 43.4 Å². The van der Waals surface area contributed by atoms with Crippen molar-refractivity contribution in [3.63, 3.8) is 0 Å². The summed E-state index contributed by atoms with van der Waals surface area (Å²) in [6, 6.07) is 9.13. The average Bonchev–Trinajstić information content (AvgIpc) is 2.38. The molecule has 1 N–H and O–H groups in total. The Morgan fingerprint density at radius 1 is 1.06 bits per heavy atom. The Morgan fingerprint density at radius 2 is 1.67 bits per heavy atom. The minimum atomic E-state index is 0.385. The van der Waals surface area contributed by atoms with E-state index < -0.39 is 0 Å².